The fraction of sp³-hybridized carbons (Fsp3) is 0.464. The van der Waals surface area contributed by atoms with Crippen molar-refractivity contribution in [1.82, 2.24) is 4.90 Å². The van der Waals surface area contributed by atoms with Crippen LogP contribution in [0.25, 0.3) is 0 Å². The molecule has 4 nitrogen and oxygen atoms in total. The average molecular weight is 467 g/mol. The molecule has 0 radical (unpaired) electrons. The van der Waals surface area contributed by atoms with Crippen molar-refractivity contribution in [3.05, 3.63) is 71.3 Å². The number of rotatable bonds is 7. The third-order valence-electron chi connectivity index (χ3n) is 7.07. The first kappa shape index (κ1) is 23.7. The molecule has 2 aliphatic rings. The Morgan fingerprint density at radius 2 is 2.00 bits per heavy atom. The summed E-state index contributed by atoms with van der Waals surface area (Å²) in [6.45, 7) is 8.18. The number of alkyl halides is 1. The van der Waals surface area contributed by atoms with Crippen LogP contribution in [0.5, 0.6) is 5.75 Å². The molecule has 1 saturated carbocycles. The second kappa shape index (κ2) is 10.6. The molecule has 5 heteroatoms. The summed E-state index contributed by atoms with van der Waals surface area (Å²) in [6.07, 6.45) is 5.63. The van der Waals surface area contributed by atoms with Crippen LogP contribution >= 0.6 is 11.6 Å². The molecular weight excluding hydrogens is 432 g/mol. The molecule has 1 aliphatic heterocycles. The summed E-state index contributed by atoms with van der Waals surface area (Å²) in [7, 11) is 1.68. The van der Waals surface area contributed by atoms with E-state index in [1.54, 1.807) is 7.11 Å². The number of allylic oxidation sites excluding steroid dienone is 1. The van der Waals surface area contributed by atoms with Gasteiger partial charge in [-0.3, -0.25) is 4.79 Å². The summed E-state index contributed by atoms with van der Waals surface area (Å²) in [6, 6.07) is 14.5. The van der Waals surface area contributed by atoms with Gasteiger partial charge in [0.2, 0.25) is 5.91 Å². The van der Waals surface area contributed by atoms with Gasteiger partial charge in [0.15, 0.2) is 0 Å². The standard InChI is InChI=1S/C28H35ClN2O2/c1-19-14-20(2)16-21(15-19)10-12-30-24-6-4-22(5-7-24)28-26-9-8-25(33-3)17-23(26)11-13-31(28)27(32)18-29/h4-9,17,20-21,28,30H,1,10-16,18H2,2-3H3/t20?,21?,28-/m0/s1. The number of anilines is 1. The first-order valence-electron chi connectivity index (χ1n) is 12.0. The van der Waals surface area contributed by atoms with E-state index in [1.807, 2.05) is 11.0 Å². The third-order valence-corrected chi connectivity index (χ3v) is 7.30. The summed E-state index contributed by atoms with van der Waals surface area (Å²) < 4.78 is 5.41. The first-order valence-corrected chi connectivity index (χ1v) is 12.5. The minimum Gasteiger partial charge on any atom is -0.497 e. The van der Waals surface area contributed by atoms with E-state index in [9.17, 15) is 4.79 Å². The van der Waals surface area contributed by atoms with E-state index in [-0.39, 0.29) is 17.8 Å². The van der Waals surface area contributed by atoms with Gasteiger partial charge in [0.05, 0.1) is 13.2 Å². The average Bonchev–Trinajstić information content (AvgIpc) is 2.82. The molecule has 0 bridgehead atoms. The van der Waals surface area contributed by atoms with E-state index in [1.165, 1.54) is 36.8 Å². The zero-order chi connectivity index (χ0) is 23.4. The number of methoxy groups -OCH3 is 1. The second-order valence-electron chi connectivity index (χ2n) is 9.64. The molecule has 1 amide bonds. The van der Waals surface area contributed by atoms with Gasteiger partial charge in [0.25, 0.3) is 0 Å². The largest absolute Gasteiger partial charge is 0.497 e. The van der Waals surface area contributed by atoms with Crippen molar-refractivity contribution >= 4 is 23.2 Å². The van der Waals surface area contributed by atoms with Crippen LogP contribution in [0, 0.1) is 11.8 Å². The summed E-state index contributed by atoms with van der Waals surface area (Å²) in [5.74, 6) is 2.30. The number of carbonyl (C=O) groups excluding carboxylic acids is 1. The highest BCUT2D eigenvalue weighted by Crippen LogP contribution is 2.37. The number of nitrogens with one attached hydrogen (secondary N) is 1. The van der Waals surface area contributed by atoms with Gasteiger partial charge in [-0.2, -0.15) is 0 Å². The zero-order valence-corrected chi connectivity index (χ0v) is 20.5. The normalized spacial score (nSPS) is 22.6. The van der Waals surface area contributed by atoms with Crippen molar-refractivity contribution < 1.29 is 9.53 Å². The van der Waals surface area contributed by atoms with Crippen molar-refractivity contribution in [1.29, 1.82) is 0 Å². The van der Waals surface area contributed by atoms with Crippen molar-refractivity contribution in [3.8, 4) is 5.75 Å². The molecule has 1 N–H and O–H groups in total. The molecule has 33 heavy (non-hydrogen) atoms. The number of hydrogen-bond donors (Lipinski definition) is 1. The minimum atomic E-state index is -0.130. The lowest BCUT2D eigenvalue weighted by Crippen LogP contribution is -2.41. The number of carbonyl (C=O) groups is 1. The van der Waals surface area contributed by atoms with Crippen molar-refractivity contribution in [2.45, 2.75) is 45.1 Å². The number of amides is 1. The Bertz CT molecular complexity index is 988. The SMILES string of the molecule is C=C1CC(C)CC(CCNc2ccc([C@H]3c4ccc(OC)cc4CCN3C(=O)CCl)cc2)C1. The predicted molar refractivity (Wildman–Crippen MR) is 136 cm³/mol. The van der Waals surface area contributed by atoms with Gasteiger partial charge in [-0.1, -0.05) is 37.3 Å². The van der Waals surface area contributed by atoms with Crippen LogP contribution in [0.2, 0.25) is 0 Å². The number of fused-ring (bicyclic) bond motifs is 1. The summed E-state index contributed by atoms with van der Waals surface area (Å²) in [5.41, 5.74) is 5.99. The highest BCUT2D eigenvalue weighted by molar-refractivity contribution is 6.27. The van der Waals surface area contributed by atoms with Crippen LogP contribution < -0.4 is 10.1 Å². The maximum absolute atomic E-state index is 12.6. The maximum atomic E-state index is 12.6. The second-order valence-corrected chi connectivity index (χ2v) is 9.91. The molecule has 0 spiro atoms. The fourth-order valence-electron chi connectivity index (χ4n) is 5.58. The van der Waals surface area contributed by atoms with Gasteiger partial charge in [-0.15, -0.1) is 11.6 Å². The van der Waals surface area contributed by atoms with Gasteiger partial charge in [0, 0.05) is 18.8 Å². The molecule has 2 unspecified atom stereocenters. The molecule has 2 aromatic rings. The van der Waals surface area contributed by atoms with E-state index in [2.05, 4.69) is 55.2 Å². The molecule has 1 fully saturated rings. The summed E-state index contributed by atoms with van der Waals surface area (Å²) in [5, 5.41) is 3.58. The van der Waals surface area contributed by atoms with Crippen LogP contribution in [0.4, 0.5) is 5.69 Å². The third kappa shape index (κ3) is 5.55. The van der Waals surface area contributed by atoms with E-state index in [0.717, 1.165) is 47.4 Å². The number of benzene rings is 2. The van der Waals surface area contributed by atoms with Crippen LogP contribution in [-0.4, -0.2) is 36.9 Å². The Morgan fingerprint density at radius 3 is 2.70 bits per heavy atom. The van der Waals surface area contributed by atoms with E-state index >= 15 is 0 Å². The predicted octanol–water partition coefficient (Wildman–Crippen LogP) is 6.20. The first-order chi connectivity index (χ1) is 16.0. The minimum absolute atomic E-state index is 0.00612. The van der Waals surface area contributed by atoms with Gasteiger partial charge in [0.1, 0.15) is 11.6 Å². The van der Waals surface area contributed by atoms with E-state index < -0.39 is 0 Å². The number of ether oxygens (including phenoxy) is 1. The fourth-order valence-corrected chi connectivity index (χ4v) is 5.73. The highest BCUT2D eigenvalue weighted by Gasteiger charge is 2.31. The zero-order valence-electron chi connectivity index (χ0n) is 19.8. The van der Waals surface area contributed by atoms with Crippen LogP contribution in [0.3, 0.4) is 0 Å². The lowest BCUT2D eigenvalue weighted by molar-refractivity contribution is -0.130. The van der Waals surface area contributed by atoms with Crippen molar-refractivity contribution in [2.24, 2.45) is 11.8 Å². The van der Waals surface area contributed by atoms with Crippen LogP contribution in [-0.2, 0) is 11.2 Å². The molecule has 1 heterocycles. The molecule has 3 atom stereocenters. The summed E-state index contributed by atoms with van der Waals surface area (Å²) >= 11 is 5.95. The molecule has 176 valence electrons. The Labute approximate surface area is 203 Å². The lowest BCUT2D eigenvalue weighted by atomic mass is 9.78. The Kier molecular flexibility index (Phi) is 7.64. The van der Waals surface area contributed by atoms with E-state index in [4.69, 9.17) is 16.3 Å². The number of nitrogens with zero attached hydrogens (tertiary/aromatic N) is 1. The molecular formula is C28H35ClN2O2. The quantitative estimate of drug-likeness (QED) is 0.390. The Hall–Kier alpha value is -2.46. The monoisotopic (exact) mass is 466 g/mol. The van der Waals surface area contributed by atoms with Gasteiger partial charge < -0.3 is 15.0 Å². The van der Waals surface area contributed by atoms with Crippen molar-refractivity contribution in [3.63, 3.8) is 0 Å². The van der Waals surface area contributed by atoms with Gasteiger partial charge >= 0.3 is 0 Å². The maximum Gasteiger partial charge on any atom is 0.238 e. The van der Waals surface area contributed by atoms with Gasteiger partial charge in [-0.05, 0) is 84.9 Å². The van der Waals surface area contributed by atoms with Gasteiger partial charge in [-0.25, -0.2) is 0 Å². The number of halogens is 1. The van der Waals surface area contributed by atoms with E-state index in [0.29, 0.717) is 6.54 Å². The smallest absolute Gasteiger partial charge is 0.238 e. The summed E-state index contributed by atoms with van der Waals surface area (Å²) in [4.78, 5) is 14.5. The Balaban J connectivity index is 1.47. The molecule has 2 aromatic carbocycles. The Morgan fingerprint density at radius 1 is 1.21 bits per heavy atom. The van der Waals surface area contributed by atoms with Crippen LogP contribution in [0.15, 0.2) is 54.6 Å². The molecule has 4 rings (SSSR count). The molecule has 0 saturated heterocycles. The van der Waals surface area contributed by atoms with Crippen molar-refractivity contribution in [2.75, 3.05) is 31.4 Å². The highest BCUT2D eigenvalue weighted by atomic mass is 35.5. The van der Waals surface area contributed by atoms with Crippen LogP contribution in [0.1, 0.15) is 55.3 Å². The molecule has 1 aliphatic carbocycles. The topological polar surface area (TPSA) is 41.6 Å². The number of hydrogen-bond acceptors (Lipinski definition) is 3. The lowest BCUT2D eigenvalue weighted by Gasteiger charge is -2.37. The molecule has 0 aromatic heterocycles.